The molecule has 210 valence electrons. The Morgan fingerprint density at radius 1 is 1.19 bits per heavy atom. The van der Waals surface area contributed by atoms with Crippen LogP contribution in [0.2, 0.25) is 5.02 Å². The largest absolute Gasteiger partial charge is 0.491 e. The first-order chi connectivity index (χ1) is 20.3. The van der Waals surface area contributed by atoms with E-state index in [9.17, 15) is 23.2 Å². The summed E-state index contributed by atoms with van der Waals surface area (Å²) in [4.78, 5) is 22.0. The third-order valence-electron chi connectivity index (χ3n) is 6.77. The highest BCUT2D eigenvalue weighted by Crippen LogP contribution is 2.40. The molecule has 0 unspecified atom stereocenters. The molecule has 0 N–H and O–H groups in total. The monoisotopic (exact) mass is 607 g/mol. The first-order valence-corrected chi connectivity index (χ1v) is 13.7. The summed E-state index contributed by atoms with van der Waals surface area (Å²) in [6.07, 6.45) is -1.47. The number of hydrogen-bond acceptors (Lipinski definition) is 9. The number of halogens is 4. The van der Waals surface area contributed by atoms with Gasteiger partial charge in [0.25, 0.3) is 12.0 Å². The molecule has 0 atom stereocenters. The molecule has 0 fully saturated rings. The van der Waals surface area contributed by atoms with E-state index >= 15 is 0 Å². The van der Waals surface area contributed by atoms with Gasteiger partial charge in [0.05, 0.1) is 33.4 Å². The summed E-state index contributed by atoms with van der Waals surface area (Å²) >= 11 is 7.84. The molecular weight excluding hydrogens is 591 g/mol. The Labute approximate surface area is 244 Å². The number of aryl methyl sites for hydroxylation is 1. The summed E-state index contributed by atoms with van der Waals surface area (Å²) in [5.41, 5.74) is 1.09. The lowest BCUT2D eigenvalue weighted by molar-refractivity contribution is 0.151. The van der Waals surface area contributed by atoms with Crippen molar-refractivity contribution >= 4 is 49.8 Å². The molecule has 0 spiro atoms. The number of benzene rings is 2. The number of pyridine rings is 1. The van der Waals surface area contributed by atoms with Gasteiger partial charge in [-0.25, -0.2) is 18.2 Å². The average molecular weight is 608 g/mol. The van der Waals surface area contributed by atoms with Gasteiger partial charge in [0.1, 0.15) is 42.1 Å². The molecule has 6 rings (SSSR count). The zero-order valence-corrected chi connectivity index (χ0v) is 23.2. The second-order valence-corrected chi connectivity index (χ2v) is 10.5. The number of aromatic nitrogens is 3. The molecule has 3 aromatic heterocycles. The van der Waals surface area contributed by atoms with Crippen LogP contribution in [0.3, 0.4) is 0 Å². The maximum Gasteiger partial charge on any atom is 0.265 e. The van der Waals surface area contributed by atoms with Crippen molar-refractivity contribution in [2.45, 2.75) is 19.9 Å². The average Bonchev–Trinajstić information content (AvgIpc) is 3.66. The van der Waals surface area contributed by atoms with Gasteiger partial charge in [-0.1, -0.05) is 11.6 Å². The van der Waals surface area contributed by atoms with E-state index in [0.717, 1.165) is 27.1 Å². The molecule has 0 amide bonds. The SMILES string of the molecule is Cc1nc2c(F)cc(C(F)F)c(C#N)c2c(=O)n1CCOc1ccc(Cl)cc1-c1ccnc2c(C3=NN=NC3)csc12. The van der Waals surface area contributed by atoms with Gasteiger partial charge in [-0.15, -0.1) is 16.4 Å². The van der Waals surface area contributed by atoms with Crippen LogP contribution >= 0.6 is 22.9 Å². The number of nitrogens with zero attached hydrogens (tertiary/aromatic N) is 7. The molecule has 0 bridgehead atoms. The molecule has 1 aliphatic rings. The van der Waals surface area contributed by atoms with E-state index in [1.54, 1.807) is 30.5 Å². The Balaban J connectivity index is 1.35. The van der Waals surface area contributed by atoms with Crippen LogP contribution in [0.25, 0.3) is 32.2 Å². The standard InChI is InChI=1S/C28H17ClF3N7O2S/c1-13-36-25-20(30)9-17(27(31)32)18(10-33)23(25)28(40)39(13)6-7-41-22-3-2-14(29)8-16(22)15-4-5-34-24-19(12-42-26(15)24)21-11-35-38-37-21/h2-5,8-9,12,27H,6-7,11H2,1H3. The number of rotatable bonds is 7. The van der Waals surface area contributed by atoms with Crippen molar-refractivity contribution in [3.8, 4) is 22.9 Å². The Morgan fingerprint density at radius 2 is 2.02 bits per heavy atom. The highest BCUT2D eigenvalue weighted by molar-refractivity contribution is 7.18. The summed E-state index contributed by atoms with van der Waals surface area (Å²) in [7, 11) is 0. The van der Waals surface area contributed by atoms with Crippen LogP contribution in [0.15, 0.2) is 62.1 Å². The Kier molecular flexibility index (Phi) is 7.17. The van der Waals surface area contributed by atoms with Gasteiger partial charge in [-0.2, -0.15) is 10.4 Å². The van der Waals surface area contributed by atoms with Crippen LogP contribution in [0.1, 0.15) is 28.9 Å². The molecule has 9 nitrogen and oxygen atoms in total. The first kappa shape index (κ1) is 27.5. The second kappa shape index (κ2) is 11.0. The van der Waals surface area contributed by atoms with Gasteiger partial charge in [0.15, 0.2) is 0 Å². The van der Waals surface area contributed by atoms with Crippen LogP contribution < -0.4 is 10.3 Å². The van der Waals surface area contributed by atoms with Gasteiger partial charge in [-0.05, 0) is 42.5 Å². The Morgan fingerprint density at radius 3 is 2.76 bits per heavy atom. The maximum absolute atomic E-state index is 14.6. The third-order valence-corrected chi connectivity index (χ3v) is 8.01. The quantitative estimate of drug-likeness (QED) is 0.201. The topological polar surface area (TPSA) is 118 Å². The lowest BCUT2D eigenvalue weighted by Crippen LogP contribution is -2.27. The van der Waals surface area contributed by atoms with Crippen molar-refractivity contribution in [2.75, 3.05) is 13.2 Å². The molecule has 5 aromatic rings. The predicted octanol–water partition coefficient (Wildman–Crippen LogP) is 6.83. The van der Waals surface area contributed by atoms with E-state index in [4.69, 9.17) is 16.3 Å². The van der Waals surface area contributed by atoms with E-state index in [2.05, 4.69) is 25.4 Å². The Bertz CT molecular complexity index is 2070. The first-order valence-electron chi connectivity index (χ1n) is 12.4. The molecule has 0 radical (unpaired) electrons. The smallest absolute Gasteiger partial charge is 0.265 e. The summed E-state index contributed by atoms with van der Waals surface area (Å²) in [5, 5.41) is 23.2. The predicted molar refractivity (Wildman–Crippen MR) is 152 cm³/mol. The minimum Gasteiger partial charge on any atom is -0.491 e. The van der Waals surface area contributed by atoms with Gasteiger partial charge in [-0.3, -0.25) is 14.3 Å². The summed E-state index contributed by atoms with van der Waals surface area (Å²) in [5.74, 6) is -0.499. The van der Waals surface area contributed by atoms with Crippen LogP contribution in [0.4, 0.5) is 13.2 Å². The van der Waals surface area contributed by atoms with E-state index in [1.807, 2.05) is 11.4 Å². The fourth-order valence-corrected chi connectivity index (χ4v) is 6.06. The lowest BCUT2D eigenvalue weighted by Gasteiger charge is -2.16. The van der Waals surface area contributed by atoms with Crippen LogP contribution in [-0.2, 0) is 6.54 Å². The summed E-state index contributed by atoms with van der Waals surface area (Å²) in [6, 6.07) is 9.12. The van der Waals surface area contributed by atoms with E-state index in [0.29, 0.717) is 28.9 Å². The van der Waals surface area contributed by atoms with Crippen molar-refractivity contribution in [1.82, 2.24) is 14.5 Å². The van der Waals surface area contributed by atoms with Crippen molar-refractivity contribution < 1.29 is 17.9 Å². The van der Waals surface area contributed by atoms with Crippen molar-refractivity contribution in [1.29, 1.82) is 5.26 Å². The summed E-state index contributed by atoms with van der Waals surface area (Å²) < 4.78 is 49.8. The molecule has 42 heavy (non-hydrogen) atoms. The fourth-order valence-electron chi connectivity index (χ4n) is 4.83. The molecule has 0 aliphatic carbocycles. The molecule has 4 heterocycles. The van der Waals surface area contributed by atoms with E-state index in [1.165, 1.54) is 22.8 Å². The molecule has 1 aliphatic heterocycles. The highest BCUT2D eigenvalue weighted by atomic mass is 35.5. The number of fused-ring (bicyclic) bond motifs is 2. The molecular formula is C28H17ClF3N7O2S. The normalized spacial score (nSPS) is 12.8. The van der Waals surface area contributed by atoms with E-state index < -0.39 is 39.8 Å². The van der Waals surface area contributed by atoms with Crippen LogP contribution in [-0.4, -0.2) is 33.4 Å². The zero-order valence-electron chi connectivity index (χ0n) is 21.6. The van der Waals surface area contributed by atoms with Crippen molar-refractivity contribution in [3.63, 3.8) is 0 Å². The maximum atomic E-state index is 14.6. The molecule has 2 aromatic carbocycles. The molecule has 14 heteroatoms. The van der Waals surface area contributed by atoms with Gasteiger partial charge < -0.3 is 4.74 Å². The van der Waals surface area contributed by atoms with Crippen molar-refractivity contribution in [3.05, 3.63) is 85.6 Å². The molecule has 0 saturated heterocycles. The number of thiophene rings is 1. The number of alkyl halides is 2. The fraction of sp³-hybridized carbons (Fsp3) is 0.179. The molecule has 0 saturated carbocycles. The zero-order chi connectivity index (χ0) is 29.5. The Hall–Kier alpha value is -4.67. The highest BCUT2D eigenvalue weighted by Gasteiger charge is 2.24. The minimum absolute atomic E-state index is 0.0365. The second-order valence-electron chi connectivity index (χ2n) is 9.18. The lowest BCUT2D eigenvalue weighted by atomic mass is 10.0. The van der Waals surface area contributed by atoms with Gasteiger partial charge in [0, 0.05) is 38.9 Å². The third kappa shape index (κ3) is 4.68. The van der Waals surface area contributed by atoms with E-state index in [-0.39, 0.29) is 19.0 Å². The number of ether oxygens (including phenoxy) is 1. The van der Waals surface area contributed by atoms with Gasteiger partial charge in [0.2, 0.25) is 0 Å². The number of nitriles is 1. The van der Waals surface area contributed by atoms with Crippen LogP contribution in [0, 0.1) is 24.1 Å². The van der Waals surface area contributed by atoms with Gasteiger partial charge >= 0.3 is 0 Å². The van der Waals surface area contributed by atoms with Crippen LogP contribution in [0.5, 0.6) is 5.75 Å². The summed E-state index contributed by atoms with van der Waals surface area (Å²) in [6.45, 7) is 1.77. The van der Waals surface area contributed by atoms with Crippen molar-refractivity contribution in [2.24, 2.45) is 15.4 Å². The number of hydrogen-bond donors (Lipinski definition) is 0. The minimum atomic E-state index is -3.14.